The summed E-state index contributed by atoms with van der Waals surface area (Å²) in [5, 5.41) is 0. The Morgan fingerprint density at radius 1 is 1.00 bits per heavy atom. The minimum Gasteiger partial charge on any atom is -0.330 e. The largest absolute Gasteiger partial charge is 0.330 e. The van der Waals surface area contributed by atoms with E-state index in [9.17, 15) is 0 Å². The molecule has 1 unspecified atom stereocenters. The normalized spacial score (nSPS) is 49.6. The summed E-state index contributed by atoms with van der Waals surface area (Å²) in [5.41, 5.74) is 5.96. The molecule has 4 fully saturated rings. The molecule has 0 aromatic heterocycles. The number of hydrogen-bond donors (Lipinski definition) is 1. The maximum Gasteiger partial charge on any atom is -0.00461 e. The Balaban J connectivity index is 1.79. The van der Waals surface area contributed by atoms with Crippen LogP contribution in [0.15, 0.2) is 0 Å². The van der Waals surface area contributed by atoms with E-state index in [2.05, 4.69) is 6.92 Å². The summed E-state index contributed by atoms with van der Waals surface area (Å²) in [7, 11) is 0. The third-order valence-electron chi connectivity index (χ3n) is 5.67. The van der Waals surface area contributed by atoms with Crippen LogP contribution in [-0.2, 0) is 0 Å². The molecule has 0 aromatic carbocycles. The molecule has 15 heavy (non-hydrogen) atoms. The van der Waals surface area contributed by atoms with Gasteiger partial charge in [0.25, 0.3) is 0 Å². The molecule has 1 nitrogen and oxygen atoms in total. The van der Waals surface area contributed by atoms with Crippen LogP contribution in [0.25, 0.3) is 0 Å². The highest BCUT2D eigenvalue weighted by Crippen LogP contribution is 2.58. The van der Waals surface area contributed by atoms with E-state index >= 15 is 0 Å². The zero-order chi connectivity index (χ0) is 10.4. The third-order valence-corrected chi connectivity index (χ3v) is 5.67. The van der Waals surface area contributed by atoms with Crippen molar-refractivity contribution < 1.29 is 0 Å². The highest BCUT2D eigenvalue weighted by atomic mass is 14.6. The number of rotatable bonds is 3. The Bertz CT molecular complexity index is 203. The highest BCUT2D eigenvalue weighted by Gasteiger charge is 2.49. The molecule has 86 valence electrons. The van der Waals surface area contributed by atoms with Gasteiger partial charge in [-0.3, -0.25) is 0 Å². The van der Waals surface area contributed by atoms with Crippen LogP contribution in [0, 0.1) is 35.5 Å². The summed E-state index contributed by atoms with van der Waals surface area (Å²) >= 11 is 0. The van der Waals surface area contributed by atoms with Crippen molar-refractivity contribution in [3.63, 3.8) is 0 Å². The van der Waals surface area contributed by atoms with Gasteiger partial charge in [0.05, 0.1) is 0 Å². The van der Waals surface area contributed by atoms with Gasteiger partial charge in [-0.1, -0.05) is 13.3 Å². The average molecular weight is 207 g/mol. The van der Waals surface area contributed by atoms with Crippen LogP contribution < -0.4 is 5.73 Å². The van der Waals surface area contributed by atoms with Crippen LogP contribution in [-0.4, -0.2) is 6.54 Å². The van der Waals surface area contributed by atoms with Gasteiger partial charge in [-0.25, -0.2) is 0 Å². The van der Waals surface area contributed by atoms with E-state index in [0.29, 0.717) is 0 Å². The van der Waals surface area contributed by atoms with Crippen molar-refractivity contribution in [2.45, 2.75) is 45.4 Å². The van der Waals surface area contributed by atoms with Crippen LogP contribution in [0.5, 0.6) is 0 Å². The molecule has 4 bridgehead atoms. The van der Waals surface area contributed by atoms with E-state index in [-0.39, 0.29) is 0 Å². The third kappa shape index (κ3) is 1.54. The van der Waals surface area contributed by atoms with Gasteiger partial charge in [-0.2, -0.15) is 0 Å². The Hall–Kier alpha value is -0.0400. The fourth-order valence-corrected chi connectivity index (χ4v) is 5.33. The van der Waals surface area contributed by atoms with Gasteiger partial charge in [-0.15, -0.1) is 0 Å². The van der Waals surface area contributed by atoms with Crippen molar-refractivity contribution in [3.05, 3.63) is 0 Å². The van der Waals surface area contributed by atoms with Gasteiger partial charge in [0, 0.05) is 0 Å². The lowest BCUT2D eigenvalue weighted by Gasteiger charge is -2.56. The SMILES string of the molecule is CCC(CN)C1C2CC3CC(C2)CC1C3. The maximum atomic E-state index is 5.96. The Morgan fingerprint density at radius 2 is 1.53 bits per heavy atom. The molecule has 0 aliphatic heterocycles. The minimum atomic E-state index is 0.833. The molecule has 4 rings (SSSR count). The van der Waals surface area contributed by atoms with Crippen molar-refractivity contribution >= 4 is 0 Å². The van der Waals surface area contributed by atoms with Crippen molar-refractivity contribution in [1.29, 1.82) is 0 Å². The molecule has 2 N–H and O–H groups in total. The van der Waals surface area contributed by atoms with Gasteiger partial charge in [0.15, 0.2) is 0 Å². The summed E-state index contributed by atoms with van der Waals surface area (Å²) < 4.78 is 0. The van der Waals surface area contributed by atoms with E-state index in [4.69, 9.17) is 5.73 Å². The molecule has 0 radical (unpaired) electrons. The first-order valence-electron chi connectivity index (χ1n) is 7.01. The quantitative estimate of drug-likeness (QED) is 0.756. The summed E-state index contributed by atoms with van der Waals surface area (Å²) in [4.78, 5) is 0. The molecule has 0 saturated heterocycles. The molecule has 0 spiro atoms. The van der Waals surface area contributed by atoms with Gasteiger partial charge >= 0.3 is 0 Å². The van der Waals surface area contributed by atoms with E-state index in [0.717, 1.165) is 42.1 Å². The molecule has 0 amide bonds. The lowest BCUT2D eigenvalue weighted by molar-refractivity contribution is -0.0606. The summed E-state index contributed by atoms with van der Waals surface area (Å²) in [6.07, 6.45) is 9.08. The molecular weight excluding hydrogens is 182 g/mol. The van der Waals surface area contributed by atoms with Crippen molar-refractivity contribution in [3.8, 4) is 0 Å². The first-order chi connectivity index (χ1) is 7.31. The lowest BCUT2D eigenvalue weighted by Crippen LogP contribution is -2.48. The number of nitrogens with two attached hydrogens (primary N) is 1. The monoisotopic (exact) mass is 207 g/mol. The van der Waals surface area contributed by atoms with Crippen LogP contribution in [0.3, 0.4) is 0 Å². The lowest BCUT2D eigenvalue weighted by atomic mass is 9.49. The molecular formula is C14H25N. The maximum absolute atomic E-state index is 5.96. The summed E-state index contributed by atoms with van der Waals surface area (Å²) in [5.74, 6) is 6.19. The predicted octanol–water partition coefficient (Wildman–Crippen LogP) is 3.04. The first-order valence-corrected chi connectivity index (χ1v) is 7.01. The van der Waals surface area contributed by atoms with Crippen LogP contribution >= 0.6 is 0 Å². The summed E-state index contributed by atoms with van der Waals surface area (Å²) in [6.45, 7) is 3.27. The predicted molar refractivity (Wildman–Crippen MR) is 63.4 cm³/mol. The van der Waals surface area contributed by atoms with Gasteiger partial charge in [-0.05, 0) is 74.2 Å². The molecule has 1 atom stereocenters. The Morgan fingerprint density at radius 3 is 1.93 bits per heavy atom. The zero-order valence-corrected chi connectivity index (χ0v) is 9.99. The second-order valence-electron chi connectivity index (χ2n) is 6.41. The van der Waals surface area contributed by atoms with Crippen LogP contribution in [0.2, 0.25) is 0 Å². The van der Waals surface area contributed by atoms with Crippen molar-refractivity contribution in [2.24, 2.45) is 41.2 Å². The van der Waals surface area contributed by atoms with Crippen LogP contribution in [0.4, 0.5) is 0 Å². The topological polar surface area (TPSA) is 26.0 Å². The minimum absolute atomic E-state index is 0.833. The smallest absolute Gasteiger partial charge is 0.00461 e. The highest BCUT2D eigenvalue weighted by molar-refractivity contribution is 4.99. The fourth-order valence-electron chi connectivity index (χ4n) is 5.33. The van der Waals surface area contributed by atoms with Crippen molar-refractivity contribution in [2.75, 3.05) is 6.54 Å². The average Bonchev–Trinajstić information content (AvgIpc) is 2.22. The molecule has 4 aliphatic carbocycles. The van der Waals surface area contributed by atoms with Gasteiger partial charge < -0.3 is 5.73 Å². The second-order valence-corrected chi connectivity index (χ2v) is 6.41. The fraction of sp³-hybridized carbons (Fsp3) is 1.00. The summed E-state index contributed by atoms with van der Waals surface area (Å²) in [6, 6.07) is 0. The van der Waals surface area contributed by atoms with Crippen molar-refractivity contribution in [1.82, 2.24) is 0 Å². The Labute approximate surface area is 93.8 Å². The molecule has 4 aliphatic rings. The number of hydrogen-bond acceptors (Lipinski definition) is 1. The van der Waals surface area contributed by atoms with E-state index in [1.54, 1.807) is 32.1 Å². The standard InChI is InChI=1S/C14H25N/c1-2-11(8-15)14-12-4-9-3-10(6-12)7-13(14)5-9/h9-14H,2-8,15H2,1H3. The van der Waals surface area contributed by atoms with Gasteiger partial charge in [0.2, 0.25) is 0 Å². The van der Waals surface area contributed by atoms with E-state index < -0.39 is 0 Å². The first kappa shape index (κ1) is 10.1. The van der Waals surface area contributed by atoms with Gasteiger partial charge in [0.1, 0.15) is 0 Å². The molecule has 1 heteroatoms. The zero-order valence-electron chi connectivity index (χ0n) is 9.99. The second kappa shape index (κ2) is 3.76. The molecule has 0 heterocycles. The van der Waals surface area contributed by atoms with E-state index in [1.165, 1.54) is 6.42 Å². The Kier molecular flexibility index (Phi) is 2.54. The van der Waals surface area contributed by atoms with E-state index in [1.807, 2.05) is 0 Å². The van der Waals surface area contributed by atoms with Crippen LogP contribution in [0.1, 0.15) is 45.4 Å². The molecule has 4 saturated carbocycles. The molecule has 0 aromatic rings.